The summed E-state index contributed by atoms with van der Waals surface area (Å²) in [5.41, 5.74) is 1.97. The summed E-state index contributed by atoms with van der Waals surface area (Å²) in [7, 11) is 0. The van der Waals surface area contributed by atoms with Crippen molar-refractivity contribution in [2.75, 3.05) is 0 Å². The summed E-state index contributed by atoms with van der Waals surface area (Å²) < 4.78 is 0. The molecular weight excluding hydrogens is 246 g/mol. The monoisotopic (exact) mass is 269 g/mol. The van der Waals surface area contributed by atoms with Gasteiger partial charge in [0, 0.05) is 23.4 Å². The van der Waals surface area contributed by atoms with Crippen LogP contribution in [0.15, 0.2) is 42.1 Å². The van der Waals surface area contributed by atoms with Crippen molar-refractivity contribution < 1.29 is 4.79 Å². The number of hydrogen-bond donors (Lipinski definition) is 1. The molecule has 106 valence electrons. The van der Waals surface area contributed by atoms with Crippen LogP contribution in [-0.2, 0) is 0 Å². The summed E-state index contributed by atoms with van der Waals surface area (Å²) in [5.74, 6) is 0.736. The van der Waals surface area contributed by atoms with E-state index >= 15 is 0 Å². The molecule has 0 aromatic heterocycles. The summed E-state index contributed by atoms with van der Waals surface area (Å²) in [6.07, 6.45) is 10.8. The minimum Gasteiger partial charge on any atom is -0.385 e. The Bertz CT molecular complexity index is 481. The molecule has 0 amide bonds. The molecule has 0 heterocycles. The largest absolute Gasteiger partial charge is 0.385 e. The lowest BCUT2D eigenvalue weighted by molar-refractivity contribution is 0.104. The number of nitrogens with one attached hydrogen (secondary N) is 1. The van der Waals surface area contributed by atoms with E-state index < -0.39 is 0 Å². The van der Waals surface area contributed by atoms with Gasteiger partial charge in [-0.3, -0.25) is 4.79 Å². The van der Waals surface area contributed by atoms with Gasteiger partial charge in [-0.25, -0.2) is 0 Å². The molecule has 0 aliphatic heterocycles. The van der Waals surface area contributed by atoms with Gasteiger partial charge in [0.15, 0.2) is 5.78 Å². The Balaban J connectivity index is 1.69. The maximum absolute atomic E-state index is 12.3. The van der Waals surface area contributed by atoms with E-state index in [1.54, 1.807) is 0 Å². The highest BCUT2D eigenvalue weighted by Crippen LogP contribution is 2.36. The smallest absolute Gasteiger partial charge is 0.187 e. The first-order valence-corrected chi connectivity index (χ1v) is 7.90. The van der Waals surface area contributed by atoms with Crippen LogP contribution in [0.5, 0.6) is 0 Å². The van der Waals surface area contributed by atoms with Crippen molar-refractivity contribution >= 4 is 5.78 Å². The first-order valence-electron chi connectivity index (χ1n) is 7.90. The Morgan fingerprint density at radius 2 is 1.70 bits per heavy atom. The number of ketones is 1. The van der Waals surface area contributed by atoms with Crippen LogP contribution in [0.1, 0.15) is 55.3 Å². The molecule has 2 heteroatoms. The molecule has 1 N–H and O–H groups in total. The minimum atomic E-state index is 0.135. The van der Waals surface area contributed by atoms with E-state index in [1.807, 2.05) is 36.4 Å². The Morgan fingerprint density at radius 1 is 1.00 bits per heavy atom. The molecule has 2 saturated carbocycles. The van der Waals surface area contributed by atoms with Gasteiger partial charge >= 0.3 is 0 Å². The minimum absolute atomic E-state index is 0.135. The molecule has 1 aromatic rings. The highest BCUT2D eigenvalue weighted by atomic mass is 16.1. The lowest BCUT2D eigenvalue weighted by Crippen LogP contribution is -2.31. The average Bonchev–Trinajstić information content (AvgIpc) is 3.33. The van der Waals surface area contributed by atoms with Gasteiger partial charge in [0.2, 0.25) is 0 Å². The molecule has 0 bridgehead atoms. The van der Waals surface area contributed by atoms with E-state index in [2.05, 4.69) is 5.32 Å². The van der Waals surface area contributed by atoms with E-state index in [0.29, 0.717) is 12.0 Å². The molecule has 1 aromatic carbocycles. The molecule has 0 spiro atoms. The number of allylic oxidation sites excluding steroid dienone is 2. The van der Waals surface area contributed by atoms with Gasteiger partial charge < -0.3 is 5.32 Å². The van der Waals surface area contributed by atoms with Crippen molar-refractivity contribution in [2.24, 2.45) is 5.92 Å². The van der Waals surface area contributed by atoms with Crippen molar-refractivity contribution in [1.29, 1.82) is 0 Å². The van der Waals surface area contributed by atoms with Gasteiger partial charge in [-0.15, -0.1) is 0 Å². The quantitative estimate of drug-likeness (QED) is 0.644. The van der Waals surface area contributed by atoms with Crippen LogP contribution >= 0.6 is 0 Å². The van der Waals surface area contributed by atoms with Crippen molar-refractivity contribution in [3.05, 3.63) is 47.7 Å². The highest BCUT2D eigenvalue weighted by molar-refractivity contribution is 6.04. The van der Waals surface area contributed by atoms with E-state index in [0.717, 1.165) is 5.56 Å². The Hall–Kier alpha value is -1.57. The molecular formula is C18H23NO. The second-order valence-corrected chi connectivity index (χ2v) is 6.08. The van der Waals surface area contributed by atoms with E-state index in [-0.39, 0.29) is 5.78 Å². The average molecular weight is 269 g/mol. The molecule has 2 aliphatic rings. The van der Waals surface area contributed by atoms with Gasteiger partial charge in [0.05, 0.1) is 0 Å². The zero-order valence-electron chi connectivity index (χ0n) is 12.0. The third-order valence-electron chi connectivity index (χ3n) is 4.34. The van der Waals surface area contributed by atoms with E-state index in [9.17, 15) is 4.79 Å². The van der Waals surface area contributed by atoms with Gasteiger partial charge in [-0.1, -0.05) is 49.6 Å². The predicted molar refractivity (Wildman–Crippen MR) is 81.6 cm³/mol. The fraction of sp³-hybridized carbons (Fsp3) is 0.500. The molecule has 0 radical (unpaired) electrons. The highest BCUT2D eigenvalue weighted by Gasteiger charge is 2.28. The van der Waals surface area contributed by atoms with E-state index in [4.69, 9.17) is 0 Å². The molecule has 2 aliphatic carbocycles. The Morgan fingerprint density at radius 3 is 2.35 bits per heavy atom. The molecule has 0 atom stereocenters. The van der Waals surface area contributed by atoms with Crippen LogP contribution in [0.4, 0.5) is 0 Å². The van der Waals surface area contributed by atoms with Crippen molar-refractivity contribution in [1.82, 2.24) is 5.32 Å². The van der Waals surface area contributed by atoms with Crippen molar-refractivity contribution in [3.8, 4) is 0 Å². The topological polar surface area (TPSA) is 29.1 Å². The Labute approximate surface area is 121 Å². The summed E-state index contributed by atoms with van der Waals surface area (Å²) in [6, 6.07) is 10.2. The van der Waals surface area contributed by atoms with Gasteiger partial charge in [-0.05, 0) is 31.6 Å². The van der Waals surface area contributed by atoms with Crippen LogP contribution < -0.4 is 5.32 Å². The molecule has 2 fully saturated rings. The number of rotatable bonds is 5. The standard InChI is InChI=1S/C18H23NO/c20-18(15-7-3-1-4-8-15)13-17(14-11-12-14)19-16-9-5-2-6-10-16/h1,3-4,7-8,13-14,16,19H,2,5-6,9-12H2/b17-13-. The van der Waals surface area contributed by atoms with Crippen LogP contribution in [0.2, 0.25) is 0 Å². The molecule has 0 unspecified atom stereocenters. The molecule has 3 rings (SSSR count). The lowest BCUT2D eigenvalue weighted by Gasteiger charge is -2.25. The van der Waals surface area contributed by atoms with Crippen molar-refractivity contribution in [3.63, 3.8) is 0 Å². The molecule has 0 saturated heterocycles. The van der Waals surface area contributed by atoms with Gasteiger partial charge in [0.1, 0.15) is 0 Å². The fourth-order valence-electron chi connectivity index (χ4n) is 2.98. The van der Waals surface area contributed by atoms with E-state index in [1.165, 1.54) is 50.6 Å². The van der Waals surface area contributed by atoms with Crippen molar-refractivity contribution in [2.45, 2.75) is 51.0 Å². The summed E-state index contributed by atoms with van der Waals surface area (Å²) in [5, 5.41) is 3.66. The third-order valence-corrected chi connectivity index (χ3v) is 4.34. The van der Waals surface area contributed by atoms with Crippen LogP contribution in [0, 0.1) is 5.92 Å². The SMILES string of the molecule is O=C(/C=C(\NC1CCCCC1)C1CC1)c1ccccc1. The van der Waals surface area contributed by atoms with Crippen LogP contribution in [-0.4, -0.2) is 11.8 Å². The van der Waals surface area contributed by atoms with Gasteiger partial charge in [0.25, 0.3) is 0 Å². The number of benzene rings is 1. The first-order chi connectivity index (χ1) is 9.83. The molecule has 20 heavy (non-hydrogen) atoms. The van der Waals surface area contributed by atoms with Crippen LogP contribution in [0.3, 0.4) is 0 Å². The zero-order chi connectivity index (χ0) is 13.8. The summed E-state index contributed by atoms with van der Waals surface area (Å²) in [4.78, 5) is 12.3. The van der Waals surface area contributed by atoms with Crippen LogP contribution in [0.25, 0.3) is 0 Å². The fourth-order valence-corrected chi connectivity index (χ4v) is 2.98. The maximum atomic E-state index is 12.3. The van der Waals surface area contributed by atoms with Gasteiger partial charge in [-0.2, -0.15) is 0 Å². The Kier molecular flexibility index (Phi) is 4.19. The third kappa shape index (κ3) is 3.50. The number of carbonyl (C=O) groups excluding carboxylic acids is 1. The lowest BCUT2D eigenvalue weighted by atomic mass is 9.95. The summed E-state index contributed by atoms with van der Waals surface area (Å²) >= 11 is 0. The first kappa shape index (κ1) is 13.4. The summed E-state index contributed by atoms with van der Waals surface area (Å²) in [6.45, 7) is 0. The second kappa shape index (κ2) is 6.25. The number of hydrogen-bond acceptors (Lipinski definition) is 2. The maximum Gasteiger partial charge on any atom is 0.187 e. The second-order valence-electron chi connectivity index (χ2n) is 6.08. The zero-order valence-corrected chi connectivity index (χ0v) is 12.0. The number of carbonyl (C=O) groups is 1. The molecule has 2 nitrogen and oxygen atoms in total. The predicted octanol–water partition coefficient (Wildman–Crippen LogP) is 4.09. The normalized spacial score (nSPS) is 20.7.